The van der Waals surface area contributed by atoms with Crippen LogP contribution in [-0.2, 0) is 14.8 Å². The van der Waals surface area contributed by atoms with E-state index >= 15 is 0 Å². The van der Waals surface area contributed by atoms with Crippen molar-refractivity contribution in [2.45, 2.75) is 13.0 Å². The predicted molar refractivity (Wildman–Crippen MR) is 87.2 cm³/mol. The number of hydrogen-bond acceptors (Lipinski definition) is 6. The van der Waals surface area contributed by atoms with Crippen LogP contribution in [0.25, 0.3) is 11.1 Å². The van der Waals surface area contributed by atoms with E-state index in [4.69, 9.17) is 9.15 Å². The van der Waals surface area contributed by atoms with Gasteiger partial charge in [-0.1, -0.05) is 0 Å². The molecule has 0 saturated carbocycles. The molecule has 1 aliphatic heterocycles. The van der Waals surface area contributed by atoms with E-state index in [1.807, 2.05) is 0 Å². The number of carbonyl (C=O) groups is 1. The number of nitrogens with zero attached hydrogens (tertiary/aromatic N) is 2. The summed E-state index contributed by atoms with van der Waals surface area (Å²) in [6.07, 6.45) is 0.802. The number of amides is 1. The van der Waals surface area contributed by atoms with Crippen molar-refractivity contribution in [1.29, 1.82) is 0 Å². The van der Waals surface area contributed by atoms with Gasteiger partial charge in [0.25, 0.3) is 5.91 Å². The van der Waals surface area contributed by atoms with E-state index in [0.717, 1.165) is 0 Å². The van der Waals surface area contributed by atoms with Crippen molar-refractivity contribution < 1.29 is 22.4 Å². The van der Waals surface area contributed by atoms with Gasteiger partial charge in [0.1, 0.15) is 5.52 Å². The summed E-state index contributed by atoms with van der Waals surface area (Å²) in [5.74, 6) is 0.269. The average molecular weight is 353 g/mol. The van der Waals surface area contributed by atoms with Gasteiger partial charge in [0.2, 0.25) is 10.0 Å². The maximum absolute atomic E-state index is 12.3. The third kappa shape index (κ3) is 3.74. The number of nitrogens with one attached hydrogen (secondary N) is 1. The van der Waals surface area contributed by atoms with Crippen LogP contribution in [0.5, 0.6) is 0 Å². The molecule has 24 heavy (non-hydrogen) atoms. The van der Waals surface area contributed by atoms with Gasteiger partial charge in [-0.05, 0) is 18.2 Å². The zero-order valence-corrected chi connectivity index (χ0v) is 14.3. The molecule has 130 valence electrons. The Morgan fingerprint density at radius 1 is 1.46 bits per heavy atom. The van der Waals surface area contributed by atoms with Gasteiger partial charge in [-0.25, -0.2) is 13.4 Å². The van der Waals surface area contributed by atoms with Gasteiger partial charge in [0, 0.05) is 32.1 Å². The summed E-state index contributed by atoms with van der Waals surface area (Å²) in [5, 5.41) is 2.76. The molecule has 8 nitrogen and oxygen atoms in total. The minimum absolute atomic E-state index is 0.234. The Morgan fingerprint density at radius 2 is 2.25 bits per heavy atom. The summed E-state index contributed by atoms with van der Waals surface area (Å²) < 4.78 is 35.5. The molecule has 1 aromatic carbocycles. The first kappa shape index (κ1) is 16.9. The summed E-state index contributed by atoms with van der Waals surface area (Å²) in [4.78, 5) is 16.4. The predicted octanol–water partition coefficient (Wildman–Crippen LogP) is 0.526. The van der Waals surface area contributed by atoms with Crippen molar-refractivity contribution in [2.75, 3.05) is 32.5 Å². The molecule has 0 aliphatic carbocycles. The van der Waals surface area contributed by atoms with Crippen LogP contribution < -0.4 is 5.32 Å². The van der Waals surface area contributed by atoms with Crippen LogP contribution in [0.15, 0.2) is 22.6 Å². The zero-order chi connectivity index (χ0) is 17.3. The van der Waals surface area contributed by atoms with Crippen molar-refractivity contribution in [3.8, 4) is 0 Å². The highest BCUT2D eigenvalue weighted by Gasteiger charge is 2.26. The number of carbonyl (C=O) groups excluding carboxylic acids is 1. The lowest BCUT2D eigenvalue weighted by Crippen LogP contribution is -2.49. The van der Waals surface area contributed by atoms with Gasteiger partial charge in [0.15, 0.2) is 11.5 Å². The van der Waals surface area contributed by atoms with E-state index in [9.17, 15) is 13.2 Å². The molecular weight excluding hydrogens is 334 g/mol. The van der Waals surface area contributed by atoms with Gasteiger partial charge in [-0.3, -0.25) is 4.79 Å². The molecule has 1 fully saturated rings. The van der Waals surface area contributed by atoms with Crippen LogP contribution in [0.1, 0.15) is 16.2 Å². The van der Waals surface area contributed by atoms with E-state index in [1.54, 1.807) is 25.1 Å². The number of oxazole rings is 1. The third-order valence-electron chi connectivity index (χ3n) is 3.82. The number of benzene rings is 1. The maximum Gasteiger partial charge on any atom is 0.251 e. The highest BCUT2D eigenvalue weighted by molar-refractivity contribution is 7.88. The van der Waals surface area contributed by atoms with Crippen LogP contribution in [0.2, 0.25) is 0 Å². The average Bonchev–Trinajstić information content (AvgIpc) is 2.91. The lowest BCUT2D eigenvalue weighted by molar-refractivity contribution is 0.000439. The van der Waals surface area contributed by atoms with E-state index in [0.29, 0.717) is 35.7 Å². The fourth-order valence-corrected chi connectivity index (χ4v) is 3.45. The normalized spacial score (nSPS) is 19.5. The lowest BCUT2D eigenvalue weighted by atomic mass is 10.2. The van der Waals surface area contributed by atoms with E-state index in [2.05, 4.69) is 10.3 Å². The molecule has 1 unspecified atom stereocenters. The quantitative estimate of drug-likeness (QED) is 0.860. The summed E-state index contributed by atoms with van der Waals surface area (Å²) in [6.45, 7) is 2.87. The van der Waals surface area contributed by atoms with E-state index in [1.165, 1.54) is 10.6 Å². The van der Waals surface area contributed by atoms with Crippen molar-refractivity contribution in [1.82, 2.24) is 14.6 Å². The molecule has 1 saturated heterocycles. The van der Waals surface area contributed by atoms with Gasteiger partial charge < -0.3 is 14.5 Å². The Hall–Kier alpha value is -1.97. The molecule has 1 atom stereocenters. The summed E-state index contributed by atoms with van der Waals surface area (Å²) in [5.41, 5.74) is 1.70. The molecule has 1 aromatic heterocycles. The van der Waals surface area contributed by atoms with Crippen molar-refractivity contribution in [3.63, 3.8) is 0 Å². The highest BCUT2D eigenvalue weighted by Crippen LogP contribution is 2.17. The fourth-order valence-electron chi connectivity index (χ4n) is 2.61. The minimum Gasteiger partial charge on any atom is -0.441 e. The molecule has 1 N–H and O–H groups in total. The topological polar surface area (TPSA) is 102 Å². The number of ether oxygens (including phenoxy) is 1. The van der Waals surface area contributed by atoms with Crippen LogP contribution in [0, 0.1) is 6.92 Å². The second-order valence-corrected chi connectivity index (χ2v) is 7.72. The summed E-state index contributed by atoms with van der Waals surface area (Å²) in [6, 6.07) is 5.03. The number of aromatic nitrogens is 1. The molecule has 3 rings (SSSR count). The van der Waals surface area contributed by atoms with Gasteiger partial charge >= 0.3 is 0 Å². The zero-order valence-electron chi connectivity index (χ0n) is 13.5. The first-order chi connectivity index (χ1) is 11.3. The minimum atomic E-state index is -3.25. The van der Waals surface area contributed by atoms with E-state index < -0.39 is 10.0 Å². The first-order valence-corrected chi connectivity index (χ1v) is 9.40. The van der Waals surface area contributed by atoms with Crippen LogP contribution in [0.3, 0.4) is 0 Å². The van der Waals surface area contributed by atoms with E-state index in [-0.39, 0.29) is 25.1 Å². The highest BCUT2D eigenvalue weighted by atomic mass is 32.2. The van der Waals surface area contributed by atoms with Gasteiger partial charge in [0.05, 0.1) is 19.0 Å². The summed E-state index contributed by atoms with van der Waals surface area (Å²) >= 11 is 0. The molecule has 1 amide bonds. The SMILES string of the molecule is Cc1nc2ccc(C(=O)NCC3CN(S(C)(=O)=O)CCO3)cc2o1. The van der Waals surface area contributed by atoms with Crippen molar-refractivity contribution >= 4 is 27.0 Å². The second-order valence-electron chi connectivity index (χ2n) is 5.74. The number of hydrogen-bond donors (Lipinski definition) is 1. The number of fused-ring (bicyclic) bond motifs is 1. The standard InChI is InChI=1S/C15H19N3O5S/c1-10-17-13-4-3-11(7-14(13)23-10)15(19)16-8-12-9-18(5-6-22-12)24(2,20)21/h3-4,7,12H,5-6,8-9H2,1-2H3,(H,16,19). The molecule has 0 bridgehead atoms. The molecule has 1 aliphatic rings. The Labute approximate surface area is 139 Å². The Bertz CT molecular complexity index is 861. The van der Waals surface area contributed by atoms with Crippen molar-refractivity contribution in [2.24, 2.45) is 0 Å². The van der Waals surface area contributed by atoms with Crippen LogP contribution >= 0.6 is 0 Å². The molecule has 9 heteroatoms. The second kappa shape index (κ2) is 6.50. The number of morpholine rings is 1. The molecule has 2 aromatic rings. The number of rotatable bonds is 4. The Morgan fingerprint density at radius 3 is 3.00 bits per heavy atom. The molecule has 0 radical (unpaired) electrons. The fraction of sp³-hybridized carbons (Fsp3) is 0.467. The summed E-state index contributed by atoms with van der Waals surface area (Å²) in [7, 11) is -3.25. The lowest BCUT2D eigenvalue weighted by Gasteiger charge is -2.31. The third-order valence-corrected chi connectivity index (χ3v) is 5.09. The Balaban J connectivity index is 1.62. The maximum atomic E-state index is 12.3. The van der Waals surface area contributed by atoms with Crippen molar-refractivity contribution in [3.05, 3.63) is 29.7 Å². The first-order valence-electron chi connectivity index (χ1n) is 7.55. The smallest absolute Gasteiger partial charge is 0.251 e. The van der Waals surface area contributed by atoms with Gasteiger partial charge in [-0.15, -0.1) is 0 Å². The monoisotopic (exact) mass is 353 g/mol. The number of aryl methyl sites for hydroxylation is 1. The van der Waals surface area contributed by atoms with Gasteiger partial charge in [-0.2, -0.15) is 4.31 Å². The Kier molecular flexibility index (Phi) is 4.57. The van der Waals surface area contributed by atoms with Crippen LogP contribution in [-0.4, -0.2) is 62.2 Å². The molecule has 2 heterocycles. The largest absolute Gasteiger partial charge is 0.441 e. The molecular formula is C15H19N3O5S. The molecule has 0 spiro atoms. The van der Waals surface area contributed by atoms with Crippen LogP contribution in [0.4, 0.5) is 0 Å². The number of sulfonamides is 1.